The molecule has 0 fully saturated rings. The molecular weight excluding hydrogens is 270 g/mol. The Morgan fingerprint density at radius 1 is 1.33 bits per heavy atom. The topological polar surface area (TPSA) is 56.6 Å². The van der Waals surface area contributed by atoms with Crippen LogP contribution in [0.15, 0.2) is 0 Å². The van der Waals surface area contributed by atoms with Gasteiger partial charge in [-0.2, -0.15) is 5.10 Å². The molecule has 1 rings (SSSR count). The Balaban J connectivity index is 3.20. The van der Waals surface area contributed by atoms with E-state index in [9.17, 15) is 4.79 Å². The number of esters is 1. The molecule has 1 aromatic rings. The number of carbonyl (C=O) groups excluding carboxylic acids is 1. The molecule has 0 aliphatic heterocycles. The van der Waals surface area contributed by atoms with Crippen molar-refractivity contribution in [2.75, 3.05) is 26.8 Å². The van der Waals surface area contributed by atoms with Crippen LogP contribution in [-0.2, 0) is 16.6 Å². The predicted octanol–water partition coefficient (Wildman–Crippen LogP) is 2.07. The van der Waals surface area contributed by atoms with Gasteiger partial charge in [-0.3, -0.25) is 9.69 Å². The van der Waals surface area contributed by atoms with Crippen molar-refractivity contribution < 1.29 is 14.3 Å². The molecule has 0 aromatic carbocycles. The van der Waals surface area contributed by atoms with Crippen molar-refractivity contribution >= 4 is 5.97 Å². The molecular formula is C15H27N3O3. The van der Waals surface area contributed by atoms with Crippen LogP contribution in [0, 0.1) is 6.92 Å². The van der Waals surface area contributed by atoms with Crippen LogP contribution >= 0.6 is 0 Å². The Hall–Kier alpha value is -1.56. The normalized spacial score (nSPS) is 12.5. The van der Waals surface area contributed by atoms with Crippen LogP contribution in [0.2, 0.25) is 0 Å². The lowest BCUT2D eigenvalue weighted by atomic mass is 10.0. The third kappa shape index (κ3) is 3.97. The molecule has 1 unspecified atom stereocenters. The fraction of sp³-hybridized carbons (Fsp3) is 0.733. The summed E-state index contributed by atoms with van der Waals surface area (Å²) in [5.74, 6) is 0.508. The standard InChI is InChI=1S/C15H27N3O3/c1-7-18(8-2)12(10-13(19)21-9-3)14-11(4)16-17(5)15(14)20-6/h12H,7-10H2,1-6H3. The van der Waals surface area contributed by atoms with Crippen LogP contribution in [0.3, 0.4) is 0 Å². The van der Waals surface area contributed by atoms with E-state index in [2.05, 4.69) is 23.8 Å². The van der Waals surface area contributed by atoms with Gasteiger partial charge in [0.2, 0.25) is 5.88 Å². The third-order valence-electron chi connectivity index (χ3n) is 3.66. The van der Waals surface area contributed by atoms with Crippen LogP contribution in [0.1, 0.15) is 44.5 Å². The smallest absolute Gasteiger partial charge is 0.307 e. The summed E-state index contributed by atoms with van der Waals surface area (Å²) in [6, 6.07) is -0.0808. The van der Waals surface area contributed by atoms with E-state index in [4.69, 9.17) is 9.47 Å². The van der Waals surface area contributed by atoms with Gasteiger partial charge in [0, 0.05) is 7.05 Å². The number of carbonyl (C=O) groups is 1. The average Bonchev–Trinajstić information content (AvgIpc) is 2.73. The van der Waals surface area contributed by atoms with Crippen molar-refractivity contribution in [2.24, 2.45) is 7.05 Å². The highest BCUT2D eigenvalue weighted by Gasteiger charge is 2.29. The van der Waals surface area contributed by atoms with Gasteiger partial charge in [-0.15, -0.1) is 0 Å². The second kappa shape index (κ2) is 8.02. The summed E-state index contributed by atoms with van der Waals surface area (Å²) in [4.78, 5) is 14.2. The van der Waals surface area contributed by atoms with Crippen molar-refractivity contribution in [3.63, 3.8) is 0 Å². The summed E-state index contributed by atoms with van der Waals surface area (Å²) in [5, 5.41) is 4.42. The van der Waals surface area contributed by atoms with E-state index in [1.165, 1.54) is 0 Å². The molecule has 1 heterocycles. The molecule has 0 amide bonds. The molecule has 21 heavy (non-hydrogen) atoms. The number of ether oxygens (including phenoxy) is 2. The van der Waals surface area contributed by atoms with Gasteiger partial charge in [0.25, 0.3) is 0 Å². The molecule has 0 N–H and O–H groups in total. The minimum absolute atomic E-state index is 0.0808. The average molecular weight is 297 g/mol. The largest absolute Gasteiger partial charge is 0.481 e. The zero-order chi connectivity index (χ0) is 16.0. The van der Waals surface area contributed by atoms with Crippen LogP contribution in [-0.4, -0.2) is 47.5 Å². The lowest BCUT2D eigenvalue weighted by molar-refractivity contribution is -0.144. The summed E-state index contributed by atoms with van der Waals surface area (Å²) in [6.45, 7) is 10.0. The van der Waals surface area contributed by atoms with E-state index < -0.39 is 0 Å². The van der Waals surface area contributed by atoms with Crippen molar-refractivity contribution in [2.45, 2.75) is 40.2 Å². The maximum atomic E-state index is 12.0. The van der Waals surface area contributed by atoms with Gasteiger partial charge in [-0.1, -0.05) is 13.8 Å². The number of aromatic nitrogens is 2. The fourth-order valence-electron chi connectivity index (χ4n) is 2.73. The quantitative estimate of drug-likeness (QED) is 0.688. The molecule has 0 bridgehead atoms. The third-order valence-corrected chi connectivity index (χ3v) is 3.66. The Kier molecular flexibility index (Phi) is 6.68. The Labute approximate surface area is 127 Å². The minimum atomic E-state index is -0.195. The van der Waals surface area contributed by atoms with Gasteiger partial charge in [0.1, 0.15) is 0 Å². The maximum Gasteiger partial charge on any atom is 0.307 e. The highest BCUT2D eigenvalue weighted by atomic mass is 16.5. The molecule has 6 nitrogen and oxygen atoms in total. The number of aryl methyl sites for hydroxylation is 2. The Morgan fingerprint density at radius 3 is 2.43 bits per heavy atom. The number of nitrogens with zero attached hydrogens (tertiary/aromatic N) is 3. The summed E-state index contributed by atoms with van der Waals surface area (Å²) in [7, 11) is 3.47. The summed E-state index contributed by atoms with van der Waals surface area (Å²) in [5.41, 5.74) is 1.85. The van der Waals surface area contributed by atoms with E-state index in [1.807, 2.05) is 20.9 Å². The first-order valence-electron chi connectivity index (χ1n) is 7.47. The molecule has 0 radical (unpaired) electrons. The van der Waals surface area contributed by atoms with Gasteiger partial charge in [-0.25, -0.2) is 4.68 Å². The zero-order valence-corrected chi connectivity index (χ0v) is 14.0. The van der Waals surface area contributed by atoms with E-state index in [0.29, 0.717) is 18.9 Å². The van der Waals surface area contributed by atoms with E-state index in [1.54, 1.807) is 11.8 Å². The monoisotopic (exact) mass is 297 g/mol. The van der Waals surface area contributed by atoms with Crippen LogP contribution in [0.4, 0.5) is 0 Å². The molecule has 120 valence electrons. The summed E-state index contributed by atoms with van der Waals surface area (Å²) in [6.07, 6.45) is 0.304. The van der Waals surface area contributed by atoms with E-state index in [0.717, 1.165) is 24.3 Å². The van der Waals surface area contributed by atoms with Crippen LogP contribution < -0.4 is 4.74 Å². The van der Waals surface area contributed by atoms with Gasteiger partial charge < -0.3 is 9.47 Å². The summed E-state index contributed by atoms with van der Waals surface area (Å²) >= 11 is 0. The maximum absolute atomic E-state index is 12.0. The zero-order valence-electron chi connectivity index (χ0n) is 14.0. The minimum Gasteiger partial charge on any atom is -0.481 e. The van der Waals surface area contributed by atoms with E-state index >= 15 is 0 Å². The van der Waals surface area contributed by atoms with E-state index in [-0.39, 0.29) is 12.0 Å². The molecule has 0 saturated heterocycles. The van der Waals surface area contributed by atoms with Crippen LogP contribution in [0.5, 0.6) is 5.88 Å². The molecule has 0 saturated carbocycles. The lowest BCUT2D eigenvalue weighted by Gasteiger charge is -2.29. The Bertz CT molecular complexity index is 467. The number of hydrogen-bond acceptors (Lipinski definition) is 5. The predicted molar refractivity (Wildman–Crippen MR) is 81.4 cm³/mol. The molecule has 1 atom stereocenters. The first kappa shape index (κ1) is 17.5. The van der Waals surface area contributed by atoms with Crippen molar-refractivity contribution in [3.8, 4) is 5.88 Å². The highest BCUT2D eigenvalue weighted by molar-refractivity contribution is 5.70. The SMILES string of the molecule is CCOC(=O)CC(c1c(C)nn(C)c1OC)N(CC)CC. The molecule has 0 spiro atoms. The second-order valence-electron chi connectivity index (χ2n) is 4.88. The van der Waals surface area contributed by atoms with Gasteiger partial charge in [-0.05, 0) is 26.9 Å². The van der Waals surface area contributed by atoms with Gasteiger partial charge >= 0.3 is 5.97 Å². The summed E-state index contributed by atoms with van der Waals surface area (Å²) < 4.78 is 12.3. The Morgan fingerprint density at radius 2 is 1.95 bits per heavy atom. The molecule has 0 aliphatic carbocycles. The van der Waals surface area contributed by atoms with Crippen LogP contribution in [0.25, 0.3) is 0 Å². The highest BCUT2D eigenvalue weighted by Crippen LogP contribution is 2.34. The van der Waals surface area contributed by atoms with Crippen molar-refractivity contribution in [3.05, 3.63) is 11.3 Å². The lowest BCUT2D eigenvalue weighted by Crippen LogP contribution is -2.31. The number of hydrogen-bond donors (Lipinski definition) is 0. The number of methoxy groups -OCH3 is 1. The van der Waals surface area contributed by atoms with Gasteiger partial charge in [0.15, 0.2) is 0 Å². The first-order chi connectivity index (χ1) is 9.99. The molecule has 1 aromatic heterocycles. The van der Waals surface area contributed by atoms with Crippen molar-refractivity contribution in [1.82, 2.24) is 14.7 Å². The van der Waals surface area contributed by atoms with Gasteiger partial charge in [0.05, 0.1) is 37.4 Å². The molecule has 6 heteroatoms. The molecule has 0 aliphatic rings. The number of rotatable bonds is 8. The second-order valence-corrected chi connectivity index (χ2v) is 4.88. The fourth-order valence-corrected chi connectivity index (χ4v) is 2.73. The van der Waals surface area contributed by atoms with Crippen molar-refractivity contribution in [1.29, 1.82) is 0 Å². The first-order valence-corrected chi connectivity index (χ1v) is 7.47.